The minimum absolute atomic E-state index is 0.0207. The fourth-order valence-corrected chi connectivity index (χ4v) is 4.64. The average molecular weight is 351 g/mol. The van der Waals surface area contributed by atoms with Crippen molar-refractivity contribution in [1.29, 1.82) is 5.26 Å². The van der Waals surface area contributed by atoms with Crippen molar-refractivity contribution in [1.82, 2.24) is 4.98 Å². The monoisotopic (exact) mass is 351 g/mol. The highest BCUT2D eigenvalue weighted by atomic mass is 32.2. The van der Waals surface area contributed by atoms with Crippen LogP contribution in [0.25, 0.3) is 0 Å². The van der Waals surface area contributed by atoms with Crippen LogP contribution in [0.5, 0.6) is 0 Å². The zero-order chi connectivity index (χ0) is 17.3. The van der Waals surface area contributed by atoms with Crippen molar-refractivity contribution >= 4 is 25.7 Å². The number of anilines is 1. The maximum absolute atomic E-state index is 12.7. The van der Waals surface area contributed by atoms with E-state index in [4.69, 9.17) is 5.26 Å². The normalized spacial score (nSPS) is 11.7. The van der Waals surface area contributed by atoms with E-state index >= 15 is 0 Å². The fourth-order valence-electron chi connectivity index (χ4n) is 1.90. The first kappa shape index (κ1) is 16.9. The van der Waals surface area contributed by atoms with E-state index < -0.39 is 19.9 Å². The third-order valence-corrected chi connectivity index (χ3v) is 6.19. The maximum atomic E-state index is 12.7. The van der Waals surface area contributed by atoms with Gasteiger partial charge in [-0.05, 0) is 24.3 Å². The Kier molecular flexibility index (Phi) is 4.40. The Hall–Kier alpha value is -2.44. The van der Waals surface area contributed by atoms with Crippen LogP contribution in [0.2, 0.25) is 0 Å². The largest absolute Gasteiger partial charge is 0.266 e. The SMILES string of the molecule is CN(c1cc(C#N)ccn1)S(=O)(=O)c1ccccc1S(C)(=O)=O. The molecule has 0 saturated heterocycles. The van der Waals surface area contributed by atoms with Gasteiger partial charge in [-0.25, -0.2) is 21.8 Å². The highest BCUT2D eigenvalue weighted by Gasteiger charge is 2.28. The summed E-state index contributed by atoms with van der Waals surface area (Å²) in [4.78, 5) is 3.29. The van der Waals surface area contributed by atoms with E-state index in [2.05, 4.69) is 4.98 Å². The summed E-state index contributed by atoms with van der Waals surface area (Å²) < 4.78 is 50.0. The second-order valence-electron chi connectivity index (χ2n) is 4.71. The molecule has 0 spiro atoms. The number of pyridine rings is 1. The van der Waals surface area contributed by atoms with Crippen molar-refractivity contribution in [3.63, 3.8) is 0 Å². The molecule has 0 radical (unpaired) electrons. The lowest BCUT2D eigenvalue weighted by molar-refractivity contribution is 0.584. The molecule has 2 rings (SSSR count). The van der Waals surface area contributed by atoms with Gasteiger partial charge in [0.2, 0.25) is 0 Å². The molecular weight excluding hydrogens is 338 g/mol. The molecule has 0 aliphatic carbocycles. The molecular formula is C14H13N3O4S2. The summed E-state index contributed by atoms with van der Waals surface area (Å²) in [6.45, 7) is 0. The number of nitrogens with zero attached hydrogens (tertiary/aromatic N) is 3. The predicted octanol–water partition coefficient (Wildman–Crippen LogP) is 1.18. The minimum Gasteiger partial charge on any atom is -0.253 e. The molecule has 0 saturated carbocycles. The van der Waals surface area contributed by atoms with E-state index in [1.165, 1.54) is 49.6 Å². The Bertz CT molecular complexity index is 993. The standard InChI is InChI=1S/C14H13N3O4S2/c1-17(14-9-11(10-15)7-8-16-14)23(20,21)13-6-4-3-5-12(13)22(2,18)19/h3-9H,1-2H3. The minimum atomic E-state index is -4.15. The zero-order valence-corrected chi connectivity index (χ0v) is 14.0. The molecule has 9 heteroatoms. The summed E-state index contributed by atoms with van der Waals surface area (Å²) >= 11 is 0. The summed E-state index contributed by atoms with van der Waals surface area (Å²) in [7, 11) is -6.62. The van der Waals surface area contributed by atoms with Crippen LogP contribution in [0.4, 0.5) is 5.82 Å². The van der Waals surface area contributed by atoms with Crippen molar-refractivity contribution in [3.8, 4) is 6.07 Å². The first-order chi connectivity index (χ1) is 10.7. The molecule has 7 nitrogen and oxygen atoms in total. The van der Waals surface area contributed by atoms with E-state index in [0.717, 1.165) is 10.6 Å². The molecule has 0 unspecified atom stereocenters. The molecule has 0 fully saturated rings. The van der Waals surface area contributed by atoms with Gasteiger partial charge in [0, 0.05) is 19.5 Å². The average Bonchev–Trinajstić information content (AvgIpc) is 2.53. The Morgan fingerprint density at radius 2 is 1.70 bits per heavy atom. The maximum Gasteiger partial charge on any atom is 0.266 e. The highest BCUT2D eigenvalue weighted by molar-refractivity contribution is 7.95. The molecule has 120 valence electrons. The number of rotatable bonds is 4. The van der Waals surface area contributed by atoms with Crippen molar-refractivity contribution in [2.75, 3.05) is 17.6 Å². The van der Waals surface area contributed by atoms with E-state index in [1.54, 1.807) is 0 Å². The van der Waals surface area contributed by atoms with Crippen molar-refractivity contribution in [3.05, 3.63) is 48.2 Å². The van der Waals surface area contributed by atoms with Gasteiger partial charge in [-0.3, -0.25) is 4.31 Å². The lowest BCUT2D eigenvalue weighted by Crippen LogP contribution is -2.28. The van der Waals surface area contributed by atoms with Gasteiger partial charge in [0.05, 0.1) is 16.5 Å². The molecule has 0 atom stereocenters. The van der Waals surface area contributed by atoms with Gasteiger partial charge in [0.25, 0.3) is 10.0 Å². The molecule has 1 aromatic carbocycles. The van der Waals surface area contributed by atoms with Gasteiger partial charge in [-0.15, -0.1) is 0 Å². The molecule has 2 aromatic rings. The topological polar surface area (TPSA) is 108 Å². The van der Waals surface area contributed by atoms with Crippen LogP contribution in [-0.4, -0.2) is 35.1 Å². The second kappa shape index (κ2) is 5.98. The fraction of sp³-hybridized carbons (Fsp3) is 0.143. The molecule has 0 bridgehead atoms. The first-order valence-corrected chi connectivity index (χ1v) is 9.65. The Balaban J connectivity index is 2.62. The van der Waals surface area contributed by atoms with Crippen LogP contribution in [0, 0.1) is 11.3 Å². The summed E-state index contributed by atoms with van der Waals surface area (Å²) in [6.07, 6.45) is 2.25. The quantitative estimate of drug-likeness (QED) is 0.818. The van der Waals surface area contributed by atoms with Gasteiger partial charge < -0.3 is 0 Å². The number of aromatic nitrogens is 1. The van der Waals surface area contributed by atoms with Gasteiger partial charge in [-0.2, -0.15) is 5.26 Å². The molecule has 0 aliphatic rings. The van der Waals surface area contributed by atoms with E-state index in [-0.39, 0.29) is 21.2 Å². The molecule has 23 heavy (non-hydrogen) atoms. The van der Waals surface area contributed by atoms with Crippen LogP contribution < -0.4 is 4.31 Å². The van der Waals surface area contributed by atoms with Crippen LogP contribution in [-0.2, 0) is 19.9 Å². The van der Waals surface area contributed by atoms with E-state index in [1.807, 2.05) is 6.07 Å². The zero-order valence-electron chi connectivity index (χ0n) is 12.3. The van der Waals surface area contributed by atoms with Crippen LogP contribution in [0.15, 0.2) is 52.4 Å². The van der Waals surface area contributed by atoms with Crippen LogP contribution >= 0.6 is 0 Å². The summed E-state index contributed by atoms with van der Waals surface area (Å²) in [5.74, 6) is 0.0207. The second-order valence-corrected chi connectivity index (χ2v) is 8.63. The lowest BCUT2D eigenvalue weighted by Gasteiger charge is -2.19. The van der Waals surface area contributed by atoms with Crippen LogP contribution in [0.3, 0.4) is 0 Å². The first-order valence-electron chi connectivity index (χ1n) is 6.32. The predicted molar refractivity (Wildman–Crippen MR) is 84.1 cm³/mol. The number of nitriles is 1. The lowest BCUT2D eigenvalue weighted by atomic mass is 10.3. The molecule has 0 amide bonds. The molecule has 0 aliphatic heterocycles. The molecule has 1 aromatic heterocycles. The van der Waals surface area contributed by atoms with Crippen molar-refractivity contribution in [2.24, 2.45) is 0 Å². The van der Waals surface area contributed by atoms with Gasteiger partial charge in [0.15, 0.2) is 9.84 Å². The number of hydrogen-bond donors (Lipinski definition) is 0. The van der Waals surface area contributed by atoms with E-state index in [9.17, 15) is 16.8 Å². The molecule has 1 heterocycles. The van der Waals surface area contributed by atoms with Crippen molar-refractivity contribution in [2.45, 2.75) is 9.79 Å². The van der Waals surface area contributed by atoms with E-state index in [0.29, 0.717) is 0 Å². The summed E-state index contributed by atoms with van der Waals surface area (Å²) in [6, 6.07) is 9.97. The van der Waals surface area contributed by atoms with Crippen molar-refractivity contribution < 1.29 is 16.8 Å². The third kappa shape index (κ3) is 3.33. The number of sulfone groups is 1. The highest BCUT2D eigenvalue weighted by Crippen LogP contribution is 2.26. The van der Waals surface area contributed by atoms with Gasteiger partial charge in [0.1, 0.15) is 10.7 Å². The van der Waals surface area contributed by atoms with Gasteiger partial charge >= 0.3 is 0 Å². The Morgan fingerprint density at radius 3 is 2.26 bits per heavy atom. The summed E-state index contributed by atoms with van der Waals surface area (Å²) in [5, 5.41) is 8.89. The third-order valence-electron chi connectivity index (χ3n) is 3.08. The smallest absolute Gasteiger partial charge is 0.253 e. The number of benzene rings is 1. The Morgan fingerprint density at radius 1 is 1.09 bits per heavy atom. The summed E-state index contributed by atoms with van der Waals surface area (Å²) in [5.41, 5.74) is 0.244. The molecule has 0 N–H and O–H groups in total. The Labute approximate surface area is 134 Å². The number of sulfonamides is 1. The van der Waals surface area contributed by atoms with Crippen LogP contribution in [0.1, 0.15) is 5.56 Å². The number of hydrogen-bond acceptors (Lipinski definition) is 6. The van der Waals surface area contributed by atoms with Gasteiger partial charge in [-0.1, -0.05) is 12.1 Å².